The molecule has 3 rings (SSSR count). The third-order valence-corrected chi connectivity index (χ3v) is 4.69. The first-order chi connectivity index (χ1) is 11.4. The third-order valence-electron chi connectivity index (χ3n) is 4.69. The van der Waals surface area contributed by atoms with Crippen LogP contribution in [0, 0.1) is 20.8 Å². The van der Waals surface area contributed by atoms with Gasteiger partial charge in [-0.25, -0.2) is 0 Å². The van der Waals surface area contributed by atoms with Crippen LogP contribution in [0.2, 0.25) is 0 Å². The first kappa shape index (κ1) is 16.0. The molecule has 1 amide bonds. The zero-order chi connectivity index (χ0) is 17.4. The Kier molecular flexibility index (Phi) is 3.97. The van der Waals surface area contributed by atoms with Crippen LogP contribution in [0.25, 0.3) is 10.9 Å². The number of fused-ring (bicyclic) bond motifs is 1. The van der Waals surface area contributed by atoms with E-state index in [1.54, 1.807) is 0 Å². The van der Waals surface area contributed by atoms with Gasteiger partial charge in [0.25, 0.3) is 11.7 Å². The van der Waals surface area contributed by atoms with Crippen molar-refractivity contribution in [2.75, 3.05) is 5.32 Å². The first-order valence-electron chi connectivity index (χ1n) is 7.87. The molecule has 0 radical (unpaired) electrons. The van der Waals surface area contributed by atoms with Crippen LogP contribution in [0.1, 0.15) is 27.2 Å². The lowest BCUT2D eigenvalue weighted by Gasteiger charge is -2.10. The van der Waals surface area contributed by atoms with Crippen LogP contribution in [0.15, 0.2) is 42.5 Å². The molecular weight excluding hydrogens is 300 g/mol. The fourth-order valence-electron chi connectivity index (χ4n) is 2.99. The highest BCUT2D eigenvalue weighted by molar-refractivity contribution is 6.48. The summed E-state index contributed by atoms with van der Waals surface area (Å²) in [7, 11) is 1.90. The van der Waals surface area contributed by atoms with Gasteiger partial charge in [0.05, 0.1) is 5.56 Å². The van der Waals surface area contributed by atoms with Gasteiger partial charge < -0.3 is 9.88 Å². The lowest BCUT2D eigenvalue weighted by atomic mass is 10.0. The van der Waals surface area contributed by atoms with Crippen molar-refractivity contribution in [1.29, 1.82) is 0 Å². The molecule has 1 heterocycles. The predicted octanol–water partition coefficient (Wildman–Crippen LogP) is 3.92. The van der Waals surface area contributed by atoms with E-state index in [0.29, 0.717) is 11.3 Å². The molecule has 0 atom stereocenters. The molecule has 3 aromatic rings. The number of anilines is 1. The molecule has 24 heavy (non-hydrogen) atoms. The van der Waals surface area contributed by atoms with Crippen LogP contribution in [-0.4, -0.2) is 16.3 Å². The molecular formula is C20H20N2O2. The van der Waals surface area contributed by atoms with Crippen molar-refractivity contribution in [3.63, 3.8) is 0 Å². The minimum Gasteiger partial charge on any atom is -0.347 e. The summed E-state index contributed by atoms with van der Waals surface area (Å²) in [4.78, 5) is 25.3. The second-order valence-corrected chi connectivity index (χ2v) is 6.07. The van der Waals surface area contributed by atoms with Crippen molar-refractivity contribution >= 4 is 28.3 Å². The summed E-state index contributed by atoms with van der Waals surface area (Å²) >= 11 is 0. The summed E-state index contributed by atoms with van der Waals surface area (Å²) < 4.78 is 1.94. The molecule has 1 aromatic heterocycles. The molecule has 4 nitrogen and oxygen atoms in total. The van der Waals surface area contributed by atoms with E-state index in [-0.39, 0.29) is 0 Å². The Morgan fingerprint density at radius 3 is 2.42 bits per heavy atom. The van der Waals surface area contributed by atoms with E-state index in [9.17, 15) is 9.59 Å². The molecule has 0 aliphatic rings. The minimum atomic E-state index is -0.608. The molecule has 0 saturated heterocycles. The number of carbonyl (C=O) groups excluding carboxylic acids is 2. The Balaban J connectivity index is 1.99. The average molecular weight is 320 g/mol. The van der Waals surface area contributed by atoms with Crippen molar-refractivity contribution in [1.82, 2.24) is 4.57 Å². The second kappa shape index (κ2) is 5.96. The topological polar surface area (TPSA) is 51.1 Å². The van der Waals surface area contributed by atoms with Gasteiger partial charge in [0.2, 0.25) is 0 Å². The highest BCUT2D eigenvalue weighted by atomic mass is 16.2. The van der Waals surface area contributed by atoms with Gasteiger partial charge in [0.15, 0.2) is 0 Å². The van der Waals surface area contributed by atoms with Gasteiger partial charge in [-0.15, -0.1) is 0 Å². The Bertz CT molecular complexity index is 967. The quantitative estimate of drug-likeness (QED) is 0.587. The Morgan fingerprint density at radius 1 is 0.958 bits per heavy atom. The van der Waals surface area contributed by atoms with Crippen molar-refractivity contribution < 1.29 is 9.59 Å². The largest absolute Gasteiger partial charge is 0.347 e. The van der Waals surface area contributed by atoms with Crippen LogP contribution in [0.3, 0.4) is 0 Å². The number of aryl methyl sites for hydroxylation is 2. The monoisotopic (exact) mass is 320 g/mol. The number of hydrogen-bond acceptors (Lipinski definition) is 2. The Labute approximate surface area is 141 Å². The molecule has 0 fully saturated rings. The normalized spacial score (nSPS) is 10.8. The average Bonchev–Trinajstić information content (AvgIpc) is 2.83. The van der Waals surface area contributed by atoms with Crippen molar-refractivity contribution in [3.8, 4) is 0 Å². The smallest absolute Gasteiger partial charge is 0.296 e. The van der Waals surface area contributed by atoms with Crippen molar-refractivity contribution in [2.24, 2.45) is 7.05 Å². The van der Waals surface area contributed by atoms with Crippen molar-refractivity contribution in [3.05, 3.63) is 64.8 Å². The van der Waals surface area contributed by atoms with Crippen LogP contribution in [0.4, 0.5) is 5.69 Å². The standard InChI is InChI=1S/C20H20N2O2/c1-12-8-7-10-16(13(12)2)21-20(24)19(23)18-14(3)22(4)17-11-6-5-9-15(17)18/h5-11H,1-4H3,(H,21,24). The fraction of sp³-hybridized carbons (Fsp3) is 0.200. The number of aromatic nitrogens is 1. The molecule has 0 bridgehead atoms. The number of carbonyl (C=O) groups is 2. The number of para-hydroxylation sites is 1. The molecule has 0 aliphatic carbocycles. The summed E-state index contributed by atoms with van der Waals surface area (Å²) in [6.07, 6.45) is 0. The molecule has 0 unspecified atom stereocenters. The van der Waals surface area contributed by atoms with E-state index in [1.807, 2.05) is 74.9 Å². The predicted molar refractivity (Wildman–Crippen MR) is 96.5 cm³/mol. The summed E-state index contributed by atoms with van der Waals surface area (Å²) in [6.45, 7) is 5.76. The van der Waals surface area contributed by atoms with Crippen molar-refractivity contribution in [2.45, 2.75) is 20.8 Å². The van der Waals surface area contributed by atoms with Gasteiger partial charge >= 0.3 is 0 Å². The van der Waals surface area contributed by atoms with Gasteiger partial charge in [-0.2, -0.15) is 0 Å². The van der Waals surface area contributed by atoms with Crippen LogP contribution < -0.4 is 5.32 Å². The van der Waals surface area contributed by atoms with E-state index in [1.165, 1.54) is 0 Å². The maximum atomic E-state index is 12.8. The molecule has 0 saturated carbocycles. The Morgan fingerprint density at radius 2 is 1.67 bits per heavy atom. The van der Waals surface area contributed by atoms with E-state index < -0.39 is 11.7 Å². The van der Waals surface area contributed by atoms with E-state index in [4.69, 9.17) is 0 Å². The maximum absolute atomic E-state index is 12.8. The highest BCUT2D eigenvalue weighted by Gasteiger charge is 2.24. The number of Topliss-reactive ketones (excluding diaryl/α,β-unsaturated/α-hetero) is 1. The lowest BCUT2D eigenvalue weighted by Crippen LogP contribution is -2.24. The lowest BCUT2D eigenvalue weighted by molar-refractivity contribution is -0.112. The summed E-state index contributed by atoms with van der Waals surface area (Å²) in [5.74, 6) is -1.12. The number of benzene rings is 2. The Hall–Kier alpha value is -2.88. The molecule has 4 heteroatoms. The number of rotatable bonds is 3. The number of ketones is 1. The van der Waals surface area contributed by atoms with E-state index in [0.717, 1.165) is 27.7 Å². The van der Waals surface area contributed by atoms with Crippen LogP contribution in [-0.2, 0) is 11.8 Å². The van der Waals surface area contributed by atoms with Gasteiger partial charge in [-0.1, -0.05) is 30.3 Å². The second-order valence-electron chi connectivity index (χ2n) is 6.07. The maximum Gasteiger partial charge on any atom is 0.296 e. The number of amides is 1. The fourth-order valence-corrected chi connectivity index (χ4v) is 2.99. The number of nitrogens with zero attached hydrogens (tertiary/aromatic N) is 1. The molecule has 0 spiro atoms. The number of hydrogen-bond donors (Lipinski definition) is 1. The summed E-state index contributed by atoms with van der Waals surface area (Å²) in [5.41, 5.74) is 4.91. The SMILES string of the molecule is Cc1cccc(NC(=O)C(=O)c2c(C)n(C)c3ccccc23)c1C. The molecule has 122 valence electrons. The van der Waals surface area contributed by atoms with E-state index >= 15 is 0 Å². The van der Waals surface area contributed by atoms with E-state index in [2.05, 4.69) is 5.32 Å². The van der Waals surface area contributed by atoms with Crippen LogP contribution >= 0.6 is 0 Å². The highest BCUT2D eigenvalue weighted by Crippen LogP contribution is 2.26. The van der Waals surface area contributed by atoms with Gasteiger partial charge in [0.1, 0.15) is 0 Å². The summed E-state index contributed by atoms with van der Waals surface area (Å²) in [5, 5.41) is 3.56. The van der Waals surface area contributed by atoms with Crippen LogP contribution in [0.5, 0.6) is 0 Å². The first-order valence-corrected chi connectivity index (χ1v) is 7.87. The molecule has 2 aromatic carbocycles. The van der Waals surface area contributed by atoms with Gasteiger partial charge in [0, 0.05) is 29.3 Å². The zero-order valence-corrected chi connectivity index (χ0v) is 14.3. The number of nitrogens with one attached hydrogen (secondary N) is 1. The molecule has 1 N–H and O–H groups in total. The van der Waals surface area contributed by atoms with Gasteiger partial charge in [-0.3, -0.25) is 9.59 Å². The summed E-state index contributed by atoms with van der Waals surface area (Å²) in [6, 6.07) is 13.3. The third kappa shape index (κ3) is 2.50. The minimum absolute atomic E-state index is 0.468. The van der Waals surface area contributed by atoms with Gasteiger partial charge in [-0.05, 0) is 44.0 Å². The zero-order valence-electron chi connectivity index (χ0n) is 14.3. The molecule has 0 aliphatic heterocycles.